The first-order valence-electron chi connectivity index (χ1n) is 7.17. The first kappa shape index (κ1) is 13.6. The Morgan fingerprint density at radius 2 is 2.30 bits per heavy atom. The normalized spacial score (nSPS) is 17.4. The van der Waals surface area contributed by atoms with Crippen molar-refractivity contribution in [1.29, 1.82) is 0 Å². The smallest absolute Gasteiger partial charge is 0.140 e. The van der Waals surface area contributed by atoms with Gasteiger partial charge in [-0.2, -0.15) is 5.10 Å². The summed E-state index contributed by atoms with van der Waals surface area (Å²) in [7, 11) is 0. The highest BCUT2D eigenvalue weighted by Crippen LogP contribution is 2.39. The van der Waals surface area contributed by atoms with Crippen molar-refractivity contribution < 1.29 is 0 Å². The Bertz CT molecular complexity index is 567. The topological polar surface area (TPSA) is 42.7 Å². The lowest BCUT2D eigenvalue weighted by Gasteiger charge is -2.13. The van der Waals surface area contributed by atoms with Gasteiger partial charge in [-0.25, -0.2) is 9.67 Å². The maximum Gasteiger partial charge on any atom is 0.140 e. The van der Waals surface area contributed by atoms with Crippen LogP contribution in [0.4, 0.5) is 0 Å². The van der Waals surface area contributed by atoms with Gasteiger partial charge < -0.3 is 5.32 Å². The zero-order valence-electron chi connectivity index (χ0n) is 11.7. The molecule has 1 atom stereocenters. The second-order valence-corrected chi connectivity index (χ2v) is 6.14. The van der Waals surface area contributed by atoms with Gasteiger partial charge >= 0.3 is 0 Å². The summed E-state index contributed by atoms with van der Waals surface area (Å²) < 4.78 is 2.05. The molecule has 1 unspecified atom stereocenters. The maximum atomic E-state index is 4.39. The Kier molecular flexibility index (Phi) is 4.38. The fourth-order valence-electron chi connectivity index (χ4n) is 2.54. The monoisotopic (exact) mass is 288 g/mol. The van der Waals surface area contributed by atoms with E-state index in [0.29, 0.717) is 5.92 Å². The summed E-state index contributed by atoms with van der Waals surface area (Å²) in [6.45, 7) is 4.92. The molecule has 3 rings (SSSR count). The number of fused-ring (bicyclic) bond motifs is 1. The van der Waals surface area contributed by atoms with Crippen molar-refractivity contribution >= 4 is 11.8 Å². The van der Waals surface area contributed by atoms with Gasteiger partial charge in [0.15, 0.2) is 0 Å². The fourth-order valence-corrected chi connectivity index (χ4v) is 3.79. The molecule has 2 aromatic rings. The lowest BCUT2D eigenvalue weighted by Crippen LogP contribution is -2.20. The van der Waals surface area contributed by atoms with Crippen LogP contribution in [0, 0.1) is 0 Å². The summed E-state index contributed by atoms with van der Waals surface area (Å²) in [6.07, 6.45) is 2.80. The molecule has 1 N–H and O–H groups in total. The van der Waals surface area contributed by atoms with Gasteiger partial charge in [0.25, 0.3) is 0 Å². The van der Waals surface area contributed by atoms with Crippen LogP contribution in [0.5, 0.6) is 0 Å². The Morgan fingerprint density at radius 1 is 1.40 bits per heavy atom. The van der Waals surface area contributed by atoms with Gasteiger partial charge in [-0.3, -0.25) is 0 Å². The maximum absolute atomic E-state index is 4.39. The minimum atomic E-state index is 0.544. The van der Waals surface area contributed by atoms with E-state index < -0.39 is 0 Å². The van der Waals surface area contributed by atoms with Crippen molar-refractivity contribution in [2.24, 2.45) is 0 Å². The lowest BCUT2D eigenvalue weighted by atomic mass is 10.0. The van der Waals surface area contributed by atoms with Crippen molar-refractivity contribution in [3.05, 3.63) is 42.0 Å². The number of aromatic nitrogens is 3. The highest BCUT2D eigenvalue weighted by molar-refractivity contribution is 7.99. The molecular weight excluding hydrogens is 268 g/mol. The molecule has 5 heteroatoms. The average Bonchev–Trinajstić information content (AvgIpc) is 3.08. The van der Waals surface area contributed by atoms with Gasteiger partial charge in [0, 0.05) is 16.6 Å². The lowest BCUT2D eigenvalue weighted by molar-refractivity contribution is 0.508. The molecule has 106 valence electrons. The van der Waals surface area contributed by atoms with Gasteiger partial charge in [-0.1, -0.05) is 25.1 Å². The molecule has 0 fully saturated rings. The largest absolute Gasteiger partial charge is 0.310 e. The Hall–Kier alpha value is -1.33. The highest BCUT2D eigenvalue weighted by atomic mass is 32.2. The molecule has 0 spiro atoms. The van der Waals surface area contributed by atoms with E-state index in [1.807, 2.05) is 11.8 Å². The van der Waals surface area contributed by atoms with E-state index >= 15 is 0 Å². The van der Waals surface area contributed by atoms with Crippen molar-refractivity contribution in [3.8, 4) is 0 Å². The zero-order chi connectivity index (χ0) is 13.8. The second-order valence-electron chi connectivity index (χ2n) is 5.08. The van der Waals surface area contributed by atoms with Gasteiger partial charge in [-0.05, 0) is 24.6 Å². The van der Waals surface area contributed by atoms with Crippen LogP contribution in [-0.2, 0) is 13.1 Å². The van der Waals surface area contributed by atoms with Crippen LogP contribution in [0.25, 0.3) is 0 Å². The molecule has 0 saturated heterocycles. The van der Waals surface area contributed by atoms with Crippen LogP contribution in [-0.4, -0.2) is 27.1 Å². The number of thioether (sulfide) groups is 1. The minimum Gasteiger partial charge on any atom is -0.310 e. The van der Waals surface area contributed by atoms with E-state index in [9.17, 15) is 0 Å². The van der Waals surface area contributed by atoms with Crippen LogP contribution in [0.15, 0.2) is 35.5 Å². The molecule has 4 nitrogen and oxygen atoms in total. The van der Waals surface area contributed by atoms with Gasteiger partial charge in [0.1, 0.15) is 12.2 Å². The SMILES string of the molecule is CCCNCc1ncnn1CC1CSc2ccccc21. The third kappa shape index (κ3) is 2.88. The summed E-state index contributed by atoms with van der Waals surface area (Å²) in [5, 5.41) is 7.78. The minimum absolute atomic E-state index is 0.544. The third-order valence-electron chi connectivity index (χ3n) is 3.60. The standard InChI is InChI=1S/C15H20N4S/c1-2-7-16-8-15-17-11-18-19(15)9-12-10-20-14-6-4-3-5-13(12)14/h3-6,11-12,16H,2,7-10H2,1H3. The quantitative estimate of drug-likeness (QED) is 0.830. The first-order valence-corrected chi connectivity index (χ1v) is 8.16. The molecule has 1 aromatic carbocycles. The molecule has 0 amide bonds. The summed E-state index contributed by atoms with van der Waals surface area (Å²) >= 11 is 1.95. The molecule has 2 heterocycles. The van der Waals surface area contributed by atoms with E-state index in [1.165, 1.54) is 10.5 Å². The molecular formula is C15H20N4S. The van der Waals surface area contributed by atoms with Crippen LogP contribution in [0.3, 0.4) is 0 Å². The van der Waals surface area contributed by atoms with Gasteiger partial charge in [-0.15, -0.1) is 11.8 Å². The van der Waals surface area contributed by atoms with Crippen LogP contribution in [0.1, 0.15) is 30.7 Å². The molecule has 0 aliphatic carbocycles. The summed E-state index contributed by atoms with van der Waals surface area (Å²) in [4.78, 5) is 5.79. The average molecular weight is 288 g/mol. The molecule has 1 aromatic heterocycles. The summed E-state index contributed by atoms with van der Waals surface area (Å²) in [5.74, 6) is 2.72. The van der Waals surface area contributed by atoms with Crippen molar-refractivity contribution in [3.63, 3.8) is 0 Å². The van der Waals surface area contributed by atoms with Crippen LogP contribution in [0.2, 0.25) is 0 Å². The van der Waals surface area contributed by atoms with E-state index in [4.69, 9.17) is 0 Å². The van der Waals surface area contributed by atoms with Crippen LogP contribution >= 0.6 is 11.8 Å². The Balaban J connectivity index is 1.69. The van der Waals surface area contributed by atoms with E-state index in [2.05, 4.69) is 51.3 Å². The van der Waals surface area contributed by atoms with E-state index in [0.717, 1.165) is 37.6 Å². The van der Waals surface area contributed by atoms with Gasteiger partial charge in [0.05, 0.1) is 13.1 Å². The highest BCUT2D eigenvalue weighted by Gasteiger charge is 2.23. The zero-order valence-corrected chi connectivity index (χ0v) is 12.6. The Labute approximate surface area is 124 Å². The van der Waals surface area contributed by atoms with Crippen molar-refractivity contribution in [2.75, 3.05) is 12.3 Å². The number of hydrogen-bond acceptors (Lipinski definition) is 4. The molecule has 1 aliphatic heterocycles. The summed E-state index contributed by atoms with van der Waals surface area (Å²) in [5.41, 5.74) is 1.46. The first-order chi connectivity index (χ1) is 9.88. The number of rotatable bonds is 6. The number of hydrogen-bond donors (Lipinski definition) is 1. The van der Waals surface area contributed by atoms with Gasteiger partial charge in [0.2, 0.25) is 0 Å². The molecule has 20 heavy (non-hydrogen) atoms. The Morgan fingerprint density at radius 3 is 3.20 bits per heavy atom. The van der Waals surface area contributed by atoms with E-state index in [1.54, 1.807) is 6.33 Å². The second kappa shape index (κ2) is 6.41. The summed E-state index contributed by atoms with van der Waals surface area (Å²) in [6, 6.07) is 8.70. The molecule has 0 saturated carbocycles. The third-order valence-corrected chi connectivity index (χ3v) is 4.85. The predicted octanol–water partition coefficient (Wildman–Crippen LogP) is 2.67. The predicted molar refractivity (Wildman–Crippen MR) is 81.9 cm³/mol. The molecule has 1 aliphatic rings. The van der Waals surface area contributed by atoms with E-state index in [-0.39, 0.29) is 0 Å². The van der Waals surface area contributed by atoms with Crippen LogP contribution < -0.4 is 5.32 Å². The number of nitrogens with zero attached hydrogens (tertiary/aromatic N) is 3. The molecule has 0 bridgehead atoms. The van der Waals surface area contributed by atoms with Crippen molar-refractivity contribution in [2.45, 2.75) is 37.2 Å². The number of nitrogens with one attached hydrogen (secondary N) is 1. The van der Waals surface area contributed by atoms with Crippen molar-refractivity contribution in [1.82, 2.24) is 20.1 Å². The fraction of sp³-hybridized carbons (Fsp3) is 0.467. The number of benzene rings is 1. The molecule has 0 radical (unpaired) electrons.